The Bertz CT molecular complexity index is 619. The first-order chi connectivity index (χ1) is 24.6. The molecule has 0 aromatic rings. The van der Waals surface area contributed by atoms with Crippen molar-refractivity contribution in [1.82, 2.24) is 5.32 Å². The van der Waals surface area contributed by atoms with E-state index in [1.807, 2.05) is 7.11 Å². The Hall–Kier alpha value is -0.940. The van der Waals surface area contributed by atoms with Crippen molar-refractivity contribution in [2.75, 3.05) is 33.4 Å². The van der Waals surface area contributed by atoms with Crippen LogP contribution >= 0.6 is 0 Å². The van der Waals surface area contributed by atoms with Crippen LogP contribution in [0.5, 0.6) is 0 Å². The number of unbranched alkanes of at least 4 members (excludes halogenated alkanes) is 17. The van der Waals surface area contributed by atoms with E-state index in [4.69, 9.17) is 9.47 Å². The molecule has 0 aromatic carbocycles. The van der Waals surface area contributed by atoms with Crippen molar-refractivity contribution >= 4 is 12.3 Å². The number of methoxy groups -OCH3 is 1. The Morgan fingerprint density at radius 2 is 0.900 bits per heavy atom. The summed E-state index contributed by atoms with van der Waals surface area (Å²) in [5, 5.41) is 3.44. The first-order valence-electron chi connectivity index (χ1n) is 22.4. The molecule has 0 bridgehead atoms. The minimum absolute atomic E-state index is 0.0180. The van der Waals surface area contributed by atoms with E-state index in [0.717, 1.165) is 82.8 Å². The maximum Gasteiger partial charge on any atom is 0.305 e. The molecule has 0 saturated carbocycles. The lowest BCUT2D eigenvalue weighted by Gasteiger charge is -2.17. The summed E-state index contributed by atoms with van der Waals surface area (Å²) >= 11 is 0. The van der Waals surface area contributed by atoms with Crippen molar-refractivity contribution in [3.8, 4) is 0 Å². The second kappa shape index (κ2) is 46.1. The van der Waals surface area contributed by atoms with Gasteiger partial charge in [0.1, 0.15) is 6.29 Å². The van der Waals surface area contributed by atoms with Crippen molar-refractivity contribution in [2.45, 2.75) is 233 Å². The monoisotopic (exact) mass is 710 g/mol. The maximum absolute atomic E-state index is 12.0. The third kappa shape index (κ3) is 43.2. The fourth-order valence-electron chi connectivity index (χ4n) is 6.93. The van der Waals surface area contributed by atoms with Gasteiger partial charge in [-0.05, 0) is 76.3 Å². The highest BCUT2D eigenvalue weighted by Crippen LogP contribution is 2.24. The second-order valence-electron chi connectivity index (χ2n) is 15.2. The fraction of sp³-hybridized carbons (Fsp3) is 0.956. The molecule has 0 aromatic heterocycles. The summed E-state index contributed by atoms with van der Waals surface area (Å²) in [7, 11) is 1.82. The van der Waals surface area contributed by atoms with E-state index < -0.39 is 0 Å². The molecule has 0 saturated heterocycles. The molecule has 0 aliphatic rings. The van der Waals surface area contributed by atoms with E-state index in [1.54, 1.807) is 0 Å². The molecule has 0 aliphatic carbocycles. The van der Waals surface area contributed by atoms with Crippen LogP contribution in [0.3, 0.4) is 0 Å². The Labute approximate surface area is 314 Å². The Morgan fingerprint density at radius 3 is 1.32 bits per heavy atom. The predicted octanol–water partition coefficient (Wildman–Crippen LogP) is 13.7. The van der Waals surface area contributed by atoms with Gasteiger partial charge < -0.3 is 19.6 Å². The van der Waals surface area contributed by atoms with Crippen molar-refractivity contribution in [1.29, 1.82) is 0 Å². The Kier molecular flexibility index (Phi) is 47.2. The molecule has 0 spiro atoms. The molecule has 1 N–H and O–H groups in total. The summed E-state index contributed by atoms with van der Waals surface area (Å²) < 4.78 is 10.7. The summed E-state index contributed by atoms with van der Waals surface area (Å²) in [5.41, 5.74) is 0. The molecule has 0 radical (unpaired) electrons. The average molecular weight is 710 g/mol. The van der Waals surface area contributed by atoms with Crippen LogP contribution in [0.15, 0.2) is 0 Å². The van der Waals surface area contributed by atoms with Gasteiger partial charge in [-0.15, -0.1) is 0 Å². The molecule has 0 heterocycles. The number of hydrogen-bond acceptors (Lipinski definition) is 5. The lowest BCUT2D eigenvalue weighted by molar-refractivity contribution is -0.144. The quantitative estimate of drug-likeness (QED) is 0.0390. The Morgan fingerprint density at radius 1 is 0.500 bits per heavy atom. The lowest BCUT2D eigenvalue weighted by Crippen LogP contribution is -2.16. The zero-order valence-electron chi connectivity index (χ0n) is 34.8. The highest BCUT2D eigenvalue weighted by atomic mass is 16.5. The van der Waals surface area contributed by atoms with Gasteiger partial charge in [-0.25, -0.2) is 0 Å². The SMILES string of the molecule is CCCCCCC(CCCCCC)CCCOC.CCCCCCC(CCCCCC)CCCOC(=O)CCCCCNCCCCCC=O. The molecule has 5 nitrogen and oxygen atoms in total. The number of ether oxygens (including phenoxy) is 2. The predicted molar refractivity (Wildman–Crippen MR) is 219 cm³/mol. The lowest BCUT2D eigenvalue weighted by atomic mass is 9.91. The molecular formula is C45H91NO4. The van der Waals surface area contributed by atoms with Crippen LogP contribution in [0.1, 0.15) is 233 Å². The molecule has 0 rings (SSSR count). The van der Waals surface area contributed by atoms with E-state index >= 15 is 0 Å². The fourth-order valence-corrected chi connectivity index (χ4v) is 6.93. The zero-order chi connectivity index (χ0) is 37.0. The summed E-state index contributed by atoms with van der Waals surface area (Å²) in [6.45, 7) is 12.7. The van der Waals surface area contributed by atoms with Crippen LogP contribution in [0.2, 0.25) is 0 Å². The number of esters is 1. The largest absolute Gasteiger partial charge is 0.466 e. The third-order valence-corrected chi connectivity index (χ3v) is 10.3. The first-order valence-corrected chi connectivity index (χ1v) is 22.4. The van der Waals surface area contributed by atoms with Gasteiger partial charge in [0.05, 0.1) is 6.61 Å². The summed E-state index contributed by atoms with van der Waals surface area (Å²) in [5.74, 6) is 1.77. The molecule has 0 amide bonds. The molecule has 5 heteroatoms. The van der Waals surface area contributed by atoms with E-state index in [0.29, 0.717) is 19.4 Å². The van der Waals surface area contributed by atoms with Crippen LogP contribution < -0.4 is 5.32 Å². The van der Waals surface area contributed by atoms with Crippen molar-refractivity contribution in [2.24, 2.45) is 11.8 Å². The van der Waals surface area contributed by atoms with Crippen LogP contribution in [0, 0.1) is 11.8 Å². The van der Waals surface area contributed by atoms with Gasteiger partial charge in [-0.3, -0.25) is 4.79 Å². The molecule has 0 unspecified atom stereocenters. The standard InChI is InChI=1S/C28H55NO3.C17H36O/c1-3-5-7-12-19-27(20-13-8-6-4-2)21-18-26-32-28(31)22-14-11-16-24-29-23-15-9-10-17-25-30;1-4-6-8-10-13-17(15-12-16-18-3)14-11-9-7-5-2/h25,27,29H,3-24,26H2,1-2H3;17H,4-16H2,1-3H3. The maximum atomic E-state index is 12.0. The van der Waals surface area contributed by atoms with Crippen molar-refractivity contribution in [3.63, 3.8) is 0 Å². The minimum Gasteiger partial charge on any atom is -0.466 e. The molecule has 0 aliphatic heterocycles. The molecule has 300 valence electrons. The molecule has 50 heavy (non-hydrogen) atoms. The summed E-state index contributed by atoms with van der Waals surface area (Å²) in [6, 6.07) is 0. The number of aldehydes is 1. The van der Waals surface area contributed by atoms with Crippen LogP contribution in [0.25, 0.3) is 0 Å². The summed E-state index contributed by atoms with van der Waals surface area (Å²) in [4.78, 5) is 22.2. The van der Waals surface area contributed by atoms with Crippen molar-refractivity contribution < 1.29 is 19.1 Å². The van der Waals surface area contributed by atoms with Gasteiger partial charge in [-0.2, -0.15) is 0 Å². The van der Waals surface area contributed by atoms with E-state index in [-0.39, 0.29) is 5.97 Å². The van der Waals surface area contributed by atoms with Gasteiger partial charge in [0.25, 0.3) is 0 Å². The molecule has 0 atom stereocenters. The van der Waals surface area contributed by atoms with Gasteiger partial charge >= 0.3 is 5.97 Å². The normalized spacial score (nSPS) is 11.3. The van der Waals surface area contributed by atoms with Crippen LogP contribution in [-0.4, -0.2) is 45.7 Å². The number of carbonyl (C=O) groups is 2. The zero-order valence-corrected chi connectivity index (χ0v) is 34.8. The number of nitrogens with one attached hydrogen (secondary N) is 1. The van der Waals surface area contributed by atoms with E-state index in [9.17, 15) is 9.59 Å². The minimum atomic E-state index is -0.0180. The topological polar surface area (TPSA) is 64.6 Å². The highest BCUT2D eigenvalue weighted by Gasteiger charge is 2.10. The van der Waals surface area contributed by atoms with E-state index in [2.05, 4.69) is 33.0 Å². The number of rotatable bonds is 40. The second-order valence-corrected chi connectivity index (χ2v) is 15.2. The van der Waals surface area contributed by atoms with Gasteiger partial charge in [0.15, 0.2) is 0 Å². The first kappa shape index (κ1) is 51.2. The smallest absolute Gasteiger partial charge is 0.305 e. The van der Waals surface area contributed by atoms with Gasteiger partial charge in [0, 0.05) is 26.6 Å². The van der Waals surface area contributed by atoms with Gasteiger partial charge in [0.2, 0.25) is 0 Å². The van der Waals surface area contributed by atoms with Crippen molar-refractivity contribution in [3.05, 3.63) is 0 Å². The number of hydrogen-bond donors (Lipinski definition) is 1. The molecular weight excluding hydrogens is 618 g/mol. The van der Waals surface area contributed by atoms with Gasteiger partial charge in [-0.1, -0.05) is 169 Å². The average Bonchev–Trinajstić information content (AvgIpc) is 3.12. The highest BCUT2D eigenvalue weighted by molar-refractivity contribution is 5.69. The number of carbonyl (C=O) groups excluding carboxylic acids is 2. The Balaban J connectivity index is 0. The van der Waals surface area contributed by atoms with Crippen LogP contribution in [0.4, 0.5) is 0 Å². The third-order valence-electron chi connectivity index (χ3n) is 10.3. The molecule has 0 fully saturated rings. The van der Waals surface area contributed by atoms with E-state index in [1.165, 1.54) is 148 Å². The summed E-state index contributed by atoms with van der Waals surface area (Å²) in [6.07, 6.45) is 41.2. The van der Waals surface area contributed by atoms with Crippen LogP contribution in [-0.2, 0) is 19.1 Å².